The molecule has 2 unspecified atom stereocenters. The SMILES string of the molecule is CC(C)(C)OC(=O)NCCC(=O)O.CC(O)C(=O)OCc1ccccc1.CCCCC(=O)OC(C)C(=O)O. The van der Waals surface area contributed by atoms with Gasteiger partial charge in [-0.3, -0.25) is 9.59 Å². The summed E-state index contributed by atoms with van der Waals surface area (Å²) < 4.78 is 14.3. The molecule has 38 heavy (non-hydrogen) atoms. The van der Waals surface area contributed by atoms with Crippen molar-refractivity contribution in [3.05, 3.63) is 35.9 Å². The Bertz CT molecular complexity index is 849. The van der Waals surface area contributed by atoms with E-state index in [2.05, 4.69) is 10.1 Å². The van der Waals surface area contributed by atoms with Gasteiger partial charge in [-0.25, -0.2) is 14.4 Å². The molecule has 2 atom stereocenters. The van der Waals surface area contributed by atoms with Crippen LogP contribution in [0.15, 0.2) is 30.3 Å². The molecule has 12 heteroatoms. The number of amides is 1. The summed E-state index contributed by atoms with van der Waals surface area (Å²) in [7, 11) is 0. The van der Waals surface area contributed by atoms with E-state index in [1.165, 1.54) is 13.8 Å². The highest BCUT2D eigenvalue weighted by molar-refractivity contribution is 5.77. The van der Waals surface area contributed by atoms with E-state index in [9.17, 15) is 24.0 Å². The zero-order valence-electron chi connectivity index (χ0n) is 22.9. The number of benzene rings is 1. The Hall–Kier alpha value is -3.67. The zero-order valence-corrected chi connectivity index (χ0v) is 22.9. The van der Waals surface area contributed by atoms with Gasteiger partial charge in [0, 0.05) is 13.0 Å². The number of aliphatic hydroxyl groups is 1. The first-order chi connectivity index (χ1) is 17.6. The van der Waals surface area contributed by atoms with Crippen LogP contribution in [0.1, 0.15) is 72.8 Å². The molecule has 0 spiro atoms. The van der Waals surface area contributed by atoms with Crippen molar-refractivity contribution in [2.45, 2.75) is 91.6 Å². The van der Waals surface area contributed by atoms with Gasteiger partial charge in [-0.1, -0.05) is 43.7 Å². The Labute approximate surface area is 223 Å². The standard InChI is InChI=1S/C10H12O3.C8H15NO4.C8H14O4/c1-8(11)10(12)13-7-9-5-3-2-4-6-9;1-8(2,3)13-7(12)9-5-4-6(10)11;1-3-4-5-7(9)12-6(2)8(10)11/h2-6,8,11H,7H2,1H3;4-5H2,1-3H3,(H,9,12)(H,10,11);6H,3-5H2,1-2H3,(H,10,11). The number of hydrogen-bond donors (Lipinski definition) is 4. The number of hydrogen-bond acceptors (Lipinski definition) is 9. The van der Waals surface area contributed by atoms with Crippen LogP contribution in [0.25, 0.3) is 0 Å². The molecule has 1 rings (SSSR count). The molecule has 0 bridgehead atoms. The van der Waals surface area contributed by atoms with Gasteiger partial charge in [0.05, 0.1) is 6.42 Å². The van der Waals surface area contributed by atoms with E-state index in [4.69, 9.17) is 24.8 Å². The van der Waals surface area contributed by atoms with Crippen LogP contribution >= 0.6 is 0 Å². The van der Waals surface area contributed by atoms with E-state index < -0.39 is 47.8 Å². The van der Waals surface area contributed by atoms with Crippen LogP contribution in [-0.4, -0.2) is 69.6 Å². The molecule has 216 valence electrons. The minimum Gasteiger partial charge on any atom is -0.481 e. The molecule has 4 N–H and O–H groups in total. The van der Waals surface area contributed by atoms with Crippen LogP contribution in [0.3, 0.4) is 0 Å². The van der Waals surface area contributed by atoms with Gasteiger partial charge in [-0.2, -0.15) is 0 Å². The van der Waals surface area contributed by atoms with Crippen LogP contribution in [-0.2, 0) is 40.0 Å². The molecule has 0 aromatic heterocycles. The van der Waals surface area contributed by atoms with Crippen LogP contribution in [0.4, 0.5) is 4.79 Å². The third-order valence-electron chi connectivity index (χ3n) is 3.96. The van der Waals surface area contributed by atoms with Crippen molar-refractivity contribution in [1.82, 2.24) is 5.32 Å². The van der Waals surface area contributed by atoms with Gasteiger partial charge < -0.3 is 34.8 Å². The van der Waals surface area contributed by atoms with Gasteiger partial charge in [0.1, 0.15) is 18.3 Å². The summed E-state index contributed by atoms with van der Waals surface area (Å²) in [6, 6.07) is 9.34. The highest BCUT2D eigenvalue weighted by Gasteiger charge is 2.16. The summed E-state index contributed by atoms with van der Waals surface area (Å²) in [4.78, 5) is 52.9. The first-order valence-electron chi connectivity index (χ1n) is 12.1. The van der Waals surface area contributed by atoms with Crippen molar-refractivity contribution in [2.24, 2.45) is 0 Å². The van der Waals surface area contributed by atoms with Gasteiger partial charge in [0.25, 0.3) is 0 Å². The van der Waals surface area contributed by atoms with Crippen LogP contribution in [0.5, 0.6) is 0 Å². The normalized spacial score (nSPS) is 11.7. The summed E-state index contributed by atoms with van der Waals surface area (Å²) in [5.41, 5.74) is 0.365. The number of aliphatic carboxylic acids is 2. The minimum atomic E-state index is -1.11. The second-order valence-corrected chi connectivity index (χ2v) is 8.92. The predicted molar refractivity (Wildman–Crippen MR) is 137 cm³/mol. The highest BCUT2D eigenvalue weighted by atomic mass is 16.6. The number of carboxylic acid groups (broad SMARTS) is 2. The lowest BCUT2D eigenvalue weighted by Gasteiger charge is -2.19. The number of esters is 2. The van der Waals surface area contributed by atoms with Crippen molar-refractivity contribution < 1.29 is 53.5 Å². The first kappa shape index (κ1) is 36.5. The van der Waals surface area contributed by atoms with Crippen molar-refractivity contribution in [3.8, 4) is 0 Å². The maximum absolute atomic E-state index is 10.9. The maximum Gasteiger partial charge on any atom is 0.407 e. The third-order valence-corrected chi connectivity index (χ3v) is 3.96. The highest BCUT2D eigenvalue weighted by Crippen LogP contribution is 2.06. The minimum absolute atomic E-state index is 0.0875. The molecule has 0 aliphatic carbocycles. The number of aliphatic hydroxyl groups excluding tert-OH is 1. The Morgan fingerprint density at radius 3 is 2.00 bits per heavy atom. The predicted octanol–water partition coefficient (Wildman–Crippen LogP) is 3.29. The van der Waals surface area contributed by atoms with Crippen LogP contribution < -0.4 is 5.32 Å². The van der Waals surface area contributed by atoms with E-state index in [-0.39, 0.29) is 19.6 Å². The number of rotatable bonds is 11. The molecular weight excluding hydrogens is 502 g/mol. The Morgan fingerprint density at radius 2 is 1.55 bits per heavy atom. The Balaban J connectivity index is 0. The van der Waals surface area contributed by atoms with Crippen LogP contribution in [0, 0.1) is 0 Å². The van der Waals surface area contributed by atoms with E-state index >= 15 is 0 Å². The molecule has 0 aliphatic heterocycles. The summed E-state index contributed by atoms with van der Waals surface area (Å²) >= 11 is 0. The van der Waals surface area contributed by atoms with Gasteiger partial charge in [-0.05, 0) is 46.6 Å². The lowest BCUT2D eigenvalue weighted by Crippen LogP contribution is -2.33. The topological polar surface area (TPSA) is 186 Å². The van der Waals surface area contributed by atoms with Gasteiger partial charge in [0.15, 0.2) is 6.10 Å². The molecule has 1 aromatic rings. The van der Waals surface area contributed by atoms with Crippen molar-refractivity contribution in [1.29, 1.82) is 0 Å². The van der Waals surface area contributed by atoms with E-state index in [1.807, 2.05) is 37.3 Å². The maximum atomic E-state index is 10.9. The molecule has 1 aromatic carbocycles. The number of carbonyl (C=O) groups is 5. The zero-order chi connectivity index (χ0) is 29.7. The number of carbonyl (C=O) groups excluding carboxylic acids is 3. The fraction of sp³-hybridized carbons (Fsp3) is 0.577. The fourth-order valence-electron chi connectivity index (χ4n) is 2.06. The number of unbranched alkanes of at least 4 members (excludes halogenated alkanes) is 1. The molecule has 0 saturated carbocycles. The lowest BCUT2D eigenvalue weighted by molar-refractivity contribution is -0.162. The monoisotopic (exact) mass is 543 g/mol. The largest absolute Gasteiger partial charge is 0.481 e. The number of alkyl carbamates (subject to hydrolysis) is 1. The molecule has 0 fully saturated rings. The lowest BCUT2D eigenvalue weighted by atomic mass is 10.2. The van der Waals surface area contributed by atoms with Crippen molar-refractivity contribution >= 4 is 30.0 Å². The van der Waals surface area contributed by atoms with Gasteiger partial charge >= 0.3 is 30.0 Å². The third kappa shape index (κ3) is 24.0. The van der Waals surface area contributed by atoms with E-state index in [0.29, 0.717) is 6.42 Å². The molecular formula is C26H41NO11. The summed E-state index contributed by atoms with van der Waals surface area (Å²) in [6.45, 7) is 10.2. The Morgan fingerprint density at radius 1 is 0.974 bits per heavy atom. The first-order valence-corrected chi connectivity index (χ1v) is 12.1. The molecule has 0 heterocycles. The van der Waals surface area contributed by atoms with Gasteiger partial charge in [0.2, 0.25) is 0 Å². The summed E-state index contributed by atoms with van der Waals surface area (Å²) in [5.74, 6) is -3.09. The second-order valence-electron chi connectivity index (χ2n) is 8.92. The van der Waals surface area contributed by atoms with Gasteiger partial charge in [-0.15, -0.1) is 0 Å². The van der Waals surface area contributed by atoms with E-state index in [0.717, 1.165) is 18.4 Å². The Kier molecular flexibility index (Phi) is 19.6. The quantitative estimate of drug-likeness (QED) is 0.237. The van der Waals surface area contributed by atoms with Crippen LogP contribution in [0.2, 0.25) is 0 Å². The number of ether oxygens (including phenoxy) is 3. The average molecular weight is 544 g/mol. The number of nitrogens with one attached hydrogen (secondary N) is 1. The second kappa shape index (κ2) is 20.4. The molecule has 1 amide bonds. The molecule has 0 radical (unpaired) electrons. The fourth-order valence-corrected chi connectivity index (χ4v) is 2.06. The van der Waals surface area contributed by atoms with Crippen molar-refractivity contribution in [2.75, 3.05) is 6.54 Å². The smallest absolute Gasteiger partial charge is 0.407 e. The molecule has 0 aliphatic rings. The molecule has 12 nitrogen and oxygen atoms in total. The summed E-state index contributed by atoms with van der Waals surface area (Å²) in [5, 5.41) is 27.8. The molecule has 0 saturated heterocycles. The van der Waals surface area contributed by atoms with E-state index in [1.54, 1.807) is 20.8 Å². The van der Waals surface area contributed by atoms with Crippen molar-refractivity contribution in [3.63, 3.8) is 0 Å². The average Bonchev–Trinajstić information content (AvgIpc) is 2.81. The number of carboxylic acids is 2. The summed E-state index contributed by atoms with van der Waals surface area (Å²) in [6.07, 6.45) is -0.832.